The van der Waals surface area contributed by atoms with Crippen molar-refractivity contribution in [2.24, 2.45) is 0 Å². The third kappa shape index (κ3) is 2.80. The van der Waals surface area contributed by atoms with Crippen molar-refractivity contribution in [3.05, 3.63) is 22.2 Å². The lowest BCUT2D eigenvalue weighted by molar-refractivity contribution is -0.0350. The van der Waals surface area contributed by atoms with Crippen LogP contribution in [0.4, 0.5) is 10.6 Å². The highest BCUT2D eigenvalue weighted by Gasteiger charge is 2.42. The average Bonchev–Trinajstić information content (AvgIpc) is 2.75. The summed E-state index contributed by atoms with van der Waals surface area (Å²) in [5, 5.41) is 21.8. The van der Waals surface area contributed by atoms with Crippen LogP contribution in [0.5, 0.6) is 0 Å². The minimum Gasteiger partial charge on any atom is -0.453 e. The Morgan fingerprint density at radius 1 is 1.55 bits per heavy atom. The van der Waals surface area contributed by atoms with Crippen LogP contribution in [0, 0.1) is 12.3 Å². The molecule has 1 saturated heterocycles. The fourth-order valence-corrected chi connectivity index (χ4v) is 2.06. The molecule has 0 spiro atoms. The van der Waals surface area contributed by atoms with Gasteiger partial charge in [0.1, 0.15) is 12.2 Å². The number of carbonyl (C=O) groups is 1. The molecule has 0 saturated carbocycles. The fraction of sp³-hybridized carbons (Fsp3) is 0.462. The highest BCUT2D eigenvalue weighted by molar-refractivity contribution is 5.84. The first-order valence-corrected chi connectivity index (χ1v) is 6.35. The Labute approximate surface area is 125 Å². The van der Waals surface area contributed by atoms with E-state index >= 15 is 0 Å². The Kier molecular flexibility index (Phi) is 4.46. The molecule has 4 atom stereocenters. The predicted octanol–water partition coefficient (Wildman–Crippen LogP) is -0.958. The molecule has 1 aliphatic rings. The van der Waals surface area contributed by atoms with E-state index in [9.17, 15) is 19.8 Å². The standard InChI is InChI=1S/C13H15N3O6/c1-4-7-5-16(11-9(18)8(17)6(2)22-11)12(19)14-10(7)15-13(20)21-3/h1,5-6,8-9,11,17-18H,2-3H3,(H,14,15,19,20)/t6-,8-,9-,11-/m1/s1. The number of amides is 1. The predicted molar refractivity (Wildman–Crippen MR) is 74.1 cm³/mol. The Morgan fingerprint density at radius 2 is 2.23 bits per heavy atom. The fourth-order valence-electron chi connectivity index (χ4n) is 2.06. The summed E-state index contributed by atoms with van der Waals surface area (Å²) >= 11 is 0. The van der Waals surface area contributed by atoms with Crippen LogP contribution in [-0.4, -0.2) is 51.3 Å². The molecule has 0 aliphatic carbocycles. The minimum absolute atomic E-state index is 0.0924. The number of nitrogens with zero attached hydrogens (tertiary/aromatic N) is 2. The van der Waals surface area contributed by atoms with E-state index < -0.39 is 36.3 Å². The lowest BCUT2D eigenvalue weighted by Crippen LogP contribution is -2.36. The highest BCUT2D eigenvalue weighted by Crippen LogP contribution is 2.28. The number of aliphatic hydroxyl groups excluding tert-OH is 2. The van der Waals surface area contributed by atoms with Crippen molar-refractivity contribution in [3.8, 4) is 12.3 Å². The molecule has 1 aromatic rings. The Balaban J connectivity index is 2.41. The molecule has 1 amide bonds. The Bertz CT molecular complexity index is 679. The summed E-state index contributed by atoms with van der Waals surface area (Å²) < 4.78 is 10.7. The minimum atomic E-state index is -1.31. The van der Waals surface area contributed by atoms with Crippen LogP contribution < -0.4 is 11.0 Å². The van der Waals surface area contributed by atoms with E-state index in [-0.39, 0.29) is 11.4 Å². The first kappa shape index (κ1) is 16.0. The van der Waals surface area contributed by atoms with Crippen molar-refractivity contribution < 1.29 is 24.5 Å². The number of methoxy groups -OCH3 is 1. The molecular weight excluding hydrogens is 294 g/mol. The van der Waals surface area contributed by atoms with E-state index in [2.05, 4.69) is 21.0 Å². The largest absolute Gasteiger partial charge is 0.453 e. The van der Waals surface area contributed by atoms with Gasteiger partial charge in [-0.15, -0.1) is 6.42 Å². The molecule has 3 N–H and O–H groups in total. The molecule has 22 heavy (non-hydrogen) atoms. The summed E-state index contributed by atoms with van der Waals surface area (Å²) in [7, 11) is 1.15. The molecule has 1 aromatic heterocycles. The number of carbonyl (C=O) groups excluding carboxylic acids is 1. The summed E-state index contributed by atoms with van der Waals surface area (Å²) in [4.78, 5) is 26.9. The normalized spacial score (nSPS) is 27.2. The van der Waals surface area contributed by atoms with Crippen molar-refractivity contribution in [1.82, 2.24) is 9.55 Å². The molecule has 9 nitrogen and oxygen atoms in total. The van der Waals surface area contributed by atoms with E-state index in [0.29, 0.717) is 0 Å². The summed E-state index contributed by atoms with van der Waals surface area (Å²) in [6, 6.07) is 0. The quantitative estimate of drug-likeness (QED) is 0.601. The van der Waals surface area contributed by atoms with Crippen LogP contribution in [-0.2, 0) is 9.47 Å². The summed E-state index contributed by atoms with van der Waals surface area (Å²) in [6.45, 7) is 1.56. The molecule has 2 rings (SSSR count). The van der Waals surface area contributed by atoms with Gasteiger partial charge in [-0.2, -0.15) is 4.98 Å². The molecule has 9 heteroatoms. The van der Waals surface area contributed by atoms with Crippen molar-refractivity contribution >= 4 is 11.9 Å². The van der Waals surface area contributed by atoms with Crippen LogP contribution in [0.15, 0.2) is 11.0 Å². The van der Waals surface area contributed by atoms with Gasteiger partial charge in [-0.25, -0.2) is 9.59 Å². The van der Waals surface area contributed by atoms with Crippen molar-refractivity contribution in [1.29, 1.82) is 0 Å². The zero-order valence-electron chi connectivity index (χ0n) is 11.9. The van der Waals surface area contributed by atoms with Gasteiger partial charge < -0.3 is 19.7 Å². The van der Waals surface area contributed by atoms with E-state index in [1.165, 1.54) is 6.20 Å². The molecule has 0 radical (unpaired) electrons. The maximum atomic E-state index is 12.0. The number of rotatable bonds is 2. The Morgan fingerprint density at radius 3 is 2.73 bits per heavy atom. The van der Waals surface area contributed by atoms with Crippen LogP contribution in [0.1, 0.15) is 18.7 Å². The third-order valence-corrected chi connectivity index (χ3v) is 3.26. The number of nitrogens with one attached hydrogen (secondary N) is 1. The number of terminal acetylenes is 1. The first-order valence-electron chi connectivity index (χ1n) is 6.35. The van der Waals surface area contributed by atoms with Crippen molar-refractivity contribution in [2.75, 3.05) is 12.4 Å². The smallest absolute Gasteiger partial charge is 0.412 e. The average molecular weight is 309 g/mol. The monoisotopic (exact) mass is 309 g/mol. The SMILES string of the molecule is C#Cc1cn([C@@H]2O[C@H](C)[C@@H](O)[C@H]2O)c(=O)nc1NC(=O)OC. The first-order chi connectivity index (χ1) is 10.4. The van der Waals surface area contributed by atoms with Gasteiger partial charge in [0.25, 0.3) is 0 Å². The zero-order chi connectivity index (χ0) is 16.4. The second kappa shape index (κ2) is 6.15. The second-order valence-electron chi connectivity index (χ2n) is 4.67. The van der Waals surface area contributed by atoms with E-state index in [4.69, 9.17) is 11.2 Å². The zero-order valence-corrected chi connectivity index (χ0v) is 11.9. The van der Waals surface area contributed by atoms with E-state index in [0.717, 1.165) is 11.7 Å². The van der Waals surface area contributed by atoms with E-state index in [1.807, 2.05) is 0 Å². The summed E-state index contributed by atoms with van der Waals surface area (Å²) in [5.74, 6) is 2.12. The molecule has 2 heterocycles. The van der Waals surface area contributed by atoms with Gasteiger partial charge >= 0.3 is 11.8 Å². The number of hydrogen-bond donors (Lipinski definition) is 3. The lowest BCUT2D eigenvalue weighted by atomic mass is 10.1. The molecule has 0 unspecified atom stereocenters. The number of aliphatic hydroxyl groups is 2. The molecule has 0 bridgehead atoms. The maximum Gasteiger partial charge on any atom is 0.412 e. The van der Waals surface area contributed by atoms with Gasteiger partial charge in [-0.05, 0) is 6.92 Å². The molecule has 1 fully saturated rings. The number of ether oxygens (including phenoxy) is 2. The summed E-state index contributed by atoms with van der Waals surface area (Å²) in [6.07, 6.45) is 1.48. The van der Waals surface area contributed by atoms with Crippen molar-refractivity contribution in [2.45, 2.75) is 31.5 Å². The van der Waals surface area contributed by atoms with Crippen LogP contribution in [0.25, 0.3) is 0 Å². The van der Waals surface area contributed by atoms with Crippen LogP contribution in [0.3, 0.4) is 0 Å². The molecule has 118 valence electrons. The number of anilines is 1. The van der Waals surface area contributed by atoms with Gasteiger partial charge in [0.2, 0.25) is 0 Å². The summed E-state index contributed by atoms with van der Waals surface area (Å²) in [5.41, 5.74) is -0.717. The van der Waals surface area contributed by atoms with Gasteiger partial charge in [0, 0.05) is 6.20 Å². The molecule has 1 aliphatic heterocycles. The third-order valence-electron chi connectivity index (χ3n) is 3.26. The van der Waals surface area contributed by atoms with Crippen molar-refractivity contribution in [3.63, 3.8) is 0 Å². The van der Waals surface area contributed by atoms with Gasteiger partial charge in [0.15, 0.2) is 12.0 Å². The van der Waals surface area contributed by atoms with Gasteiger partial charge in [-0.1, -0.05) is 5.92 Å². The van der Waals surface area contributed by atoms with E-state index in [1.54, 1.807) is 6.92 Å². The van der Waals surface area contributed by atoms with Crippen LogP contribution in [0.2, 0.25) is 0 Å². The highest BCUT2D eigenvalue weighted by atomic mass is 16.6. The number of hydrogen-bond acceptors (Lipinski definition) is 7. The van der Waals surface area contributed by atoms with Gasteiger partial charge in [0.05, 0.1) is 18.8 Å². The maximum absolute atomic E-state index is 12.0. The topological polar surface area (TPSA) is 123 Å². The van der Waals surface area contributed by atoms with Gasteiger partial charge in [-0.3, -0.25) is 9.88 Å². The second-order valence-corrected chi connectivity index (χ2v) is 4.67. The lowest BCUT2D eigenvalue weighted by Gasteiger charge is -2.18. The number of aromatic nitrogens is 2. The van der Waals surface area contributed by atoms with Crippen LogP contribution >= 0.6 is 0 Å². The molecular formula is C13H15N3O6. The Hall–Kier alpha value is -2.41. The molecule has 0 aromatic carbocycles.